The Morgan fingerprint density at radius 2 is 1.08 bits per heavy atom. The quantitative estimate of drug-likeness (QED) is 0.350. The molecule has 0 radical (unpaired) electrons. The van der Waals surface area contributed by atoms with Gasteiger partial charge in [-0.1, -0.05) is 29.6 Å². The zero-order valence-electron chi connectivity index (χ0n) is 23.8. The lowest BCUT2D eigenvalue weighted by molar-refractivity contribution is -0.0122. The van der Waals surface area contributed by atoms with E-state index in [1.165, 1.54) is 97.3 Å². The zero-order valence-corrected chi connectivity index (χ0v) is 23.8. The number of hydrogen-bond acceptors (Lipinski definition) is 8. The molecule has 8 heteroatoms. The van der Waals surface area contributed by atoms with Gasteiger partial charge in [-0.3, -0.25) is 9.80 Å². The molecule has 4 rings (SSSR count). The van der Waals surface area contributed by atoms with Crippen LogP contribution in [0.3, 0.4) is 0 Å². The molecule has 208 valence electrons. The van der Waals surface area contributed by atoms with Gasteiger partial charge in [-0.25, -0.2) is 0 Å². The molecule has 0 saturated carbocycles. The molecule has 0 bridgehead atoms. The van der Waals surface area contributed by atoms with Gasteiger partial charge in [0.1, 0.15) is 11.5 Å². The third kappa shape index (κ3) is 8.91. The number of hydrogen-bond donors (Lipinski definition) is 0. The third-order valence-corrected chi connectivity index (χ3v) is 8.28. The van der Waals surface area contributed by atoms with Gasteiger partial charge in [-0.05, 0) is 79.6 Å². The van der Waals surface area contributed by atoms with E-state index < -0.39 is 0 Å². The number of rotatable bonds is 14. The van der Waals surface area contributed by atoms with E-state index >= 15 is 0 Å². The van der Waals surface area contributed by atoms with Crippen molar-refractivity contribution < 1.29 is 9.05 Å². The lowest BCUT2D eigenvalue weighted by atomic mass is 9.97. The third-order valence-electron chi connectivity index (χ3n) is 8.28. The van der Waals surface area contributed by atoms with Crippen molar-refractivity contribution in [2.75, 3.05) is 66.5 Å². The van der Waals surface area contributed by atoms with Crippen LogP contribution >= 0.6 is 0 Å². The maximum atomic E-state index is 5.22. The van der Waals surface area contributed by atoms with Crippen LogP contribution in [0, 0.1) is 13.8 Å². The molecule has 0 spiro atoms. The monoisotopic (exact) mass is 514 g/mol. The van der Waals surface area contributed by atoms with E-state index in [1.54, 1.807) is 0 Å². The Kier molecular flexibility index (Phi) is 11.0. The van der Waals surface area contributed by atoms with Crippen LogP contribution < -0.4 is 0 Å². The zero-order chi connectivity index (χ0) is 26.0. The van der Waals surface area contributed by atoms with E-state index in [1.807, 2.05) is 13.8 Å². The van der Waals surface area contributed by atoms with E-state index in [0.29, 0.717) is 12.1 Å². The average Bonchev–Trinajstić information content (AvgIpc) is 3.49. The van der Waals surface area contributed by atoms with Crippen LogP contribution in [0.15, 0.2) is 21.2 Å². The number of unbranched alkanes of at least 4 members (excludes halogenated alkanes) is 5. The van der Waals surface area contributed by atoms with Crippen molar-refractivity contribution >= 4 is 0 Å². The maximum absolute atomic E-state index is 5.22. The van der Waals surface area contributed by atoms with Gasteiger partial charge >= 0.3 is 0 Å². The predicted molar refractivity (Wildman–Crippen MR) is 148 cm³/mol. The summed E-state index contributed by atoms with van der Waals surface area (Å²) in [6.07, 6.45) is 10.9. The Bertz CT molecular complexity index is 914. The van der Waals surface area contributed by atoms with Gasteiger partial charge < -0.3 is 18.8 Å². The molecule has 2 fully saturated rings. The summed E-state index contributed by atoms with van der Waals surface area (Å²) in [6.45, 7) is 13.5. The highest BCUT2D eigenvalue weighted by atomic mass is 16.5. The van der Waals surface area contributed by atoms with E-state index in [4.69, 9.17) is 9.05 Å². The first-order chi connectivity index (χ1) is 18.0. The summed E-state index contributed by atoms with van der Waals surface area (Å²) in [7, 11) is 4.61. The molecular formula is C29H50N6O2. The summed E-state index contributed by atoms with van der Waals surface area (Å²) in [5.74, 6) is 1.83. The number of nitrogens with zero attached hydrogens (tertiary/aromatic N) is 6. The molecule has 0 amide bonds. The molecule has 0 aliphatic carbocycles. The fourth-order valence-electron chi connectivity index (χ4n) is 6.11. The smallest absolute Gasteiger partial charge is 0.133 e. The Labute approximate surface area is 224 Å². The number of likely N-dealkylation sites (N-methyl/N-ethyl adjacent to an activating group) is 2. The molecule has 4 heterocycles. The van der Waals surface area contributed by atoms with Gasteiger partial charge in [0, 0.05) is 63.5 Å². The molecule has 2 atom stereocenters. The molecule has 0 N–H and O–H groups in total. The van der Waals surface area contributed by atoms with Crippen molar-refractivity contribution in [2.24, 2.45) is 0 Å². The molecule has 2 saturated heterocycles. The van der Waals surface area contributed by atoms with Gasteiger partial charge in [0.05, 0.1) is 11.4 Å². The molecule has 0 aromatic carbocycles. The lowest BCUT2D eigenvalue weighted by Gasteiger charge is -2.50. The minimum absolute atomic E-state index is 0.620. The van der Waals surface area contributed by atoms with Crippen molar-refractivity contribution in [3.05, 3.63) is 35.0 Å². The topological polar surface area (TPSA) is 65.0 Å². The van der Waals surface area contributed by atoms with Gasteiger partial charge in [-0.15, -0.1) is 0 Å². The van der Waals surface area contributed by atoms with Crippen LogP contribution in [0.4, 0.5) is 0 Å². The minimum atomic E-state index is 0.620. The average molecular weight is 515 g/mol. The molecule has 2 aliphatic heterocycles. The molecule has 8 nitrogen and oxygen atoms in total. The standard InChI is InChI=1S/C29H50N6O2/c1-24-20-26(30-36-24)12-8-5-6-10-14-34-18-16-32(3)22-28(34)29-23-33(4)17-19-35(29)15-11-7-9-13-27-21-25(2)37-31-27/h20-21,28-29H,5-19,22-23H2,1-4H3. The van der Waals surface area contributed by atoms with Crippen molar-refractivity contribution in [2.45, 2.75) is 83.7 Å². The minimum Gasteiger partial charge on any atom is -0.361 e. The van der Waals surface area contributed by atoms with Crippen LogP contribution in [0.5, 0.6) is 0 Å². The molecule has 2 aromatic rings. The fraction of sp³-hybridized carbons (Fsp3) is 0.793. The van der Waals surface area contributed by atoms with Crippen molar-refractivity contribution in [1.29, 1.82) is 0 Å². The Morgan fingerprint density at radius 1 is 0.649 bits per heavy atom. The van der Waals surface area contributed by atoms with Crippen LogP contribution in [-0.2, 0) is 12.8 Å². The van der Waals surface area contributed by atoms with Crippen LogP contribution in [0.2, 0.25) is 0 Å². The Balaban J connectivity index is 1.22. The molecular weight excluding hydrogens is 464 g/mol. The van der Waals surface area contributed by atoms with E-state index in [-0.39, 0.29) is 0 Å². The molecule has 37 heavy (non-hydrogen) atoms. The highest BCUT2D eigenvalue weighted by Crippen LogP contribution is 2.22. The maximum Gasteiger partial charge on any atom is 0.133 e. The highest BCUT2D eigenvalue weighted by Gasteiger charge is 2.37. The molecule has 2 aliphatic rings. The largest absolute Gasteiger partial charge is 0.361 e. The SMILES string of the molecule is Cc1cc(CCCCCCN2CCN(C)CC2C2CN(C)CCN2CCCCCc2cc(C)on2)no1. The summed E-state index contributed by atoms with van der Waals surface area (Å²) >= 11 is 0. The first kappa shape index (κ1) is 28.3. The van der Waals surface area contributed by atoms with Gasteiger partial charge in [0.25, 0.3) is 0 Å². The number of piperazine rings is 2. The Morgan fingerprint density at radius 3 is 1.51 bits per heavy atom. The summed E-state index contributed by atoms with van der Waals surface area (Å²) in [4.78, 5) is 10.7. The second-order valence-electron chi connectivity index (χ2n) is 11.6. The van der Waals surface area contributed by atoms with Crippen LogP contribution in [0.25, 0.3) is 0 Å². The van der Waals surface area contributed by atoms with Crippen molar-refractivity contribution in [3.63, 3.8) is 0 Å². The Hall–Kier alpha value is -1.74. The highest BCUT2D eigenvalue weighted by molar-refractivity contribution is 5.04. The summed E-state index contributed by atoms with van der Waals surface area (Å²) in [6, 6.07) is 5.38. The van der Waals surface area contributed by atoms with Crippen molar-refractivity contribution in [1.82, 2.24) is 29.9 Å². The molecule has 2 aromatic heterocycles. The summed E-state index contributed by atoms with van der Waals surface area (Å²) in [5.41, 5.74) is 2.20. The van der Waals surface area contributed by atoms with E-state index in [0.717, 1.165) is 35.7 Å². The molecule has 2 unspecified atom stereocenters. The van der Waals surface area contributed by atoms with E-state index in [2.05, 4.69) is 56.1 Å². The number of aromatic nitrogens is 2. The predicted octanol–water partition coefficient (Wildman–Crippen LogP) is 4.03. The van der Waals surface area contributed by atoms with Gasteiger partial charge in [0.15, 0.2) is 0 Å². The fourth-order valence-corrected chi connectivity index (χ4v) is 6.11. The summed E-state index contributed by atoms with van der Waals surface area (Å²) < 4.78 is 10.4. The second-order valence-corrected chi connectivity index (χ2v) is 11.6. The lowest BCUT2D eigenvalue weighted by Crippen LogP contribution is -2.65. The van der Waals surface area contributed by atoms with Crippen LogP contribution in [-0.4, -0.2) is 108 Å². The van der Waals surface area contributed by atoms with Gasteiger partial charge in [0.2, 0.25) is 0 Å². The van der Waals surface area contributed by atoms with Gasteiger partial charge in [-0.2, -0.15) is 0 Å². The number of aryl methyl sites for hydroxylation is 4. The first-order valence-electron chi connectivity index (χ1n) is 14.7. The van der Waals surface area contributed by atoms with Crippen molar-refractivity contribution in [3.8, 4) is 0 Å². The first-order valence-corrected chi connectivity index (χ1v) is 14.7. The second kappa shape index (κ2) is 14.4. The normalized spacial score (nSPS) is 22.7. The van der Waals surface area contributed by atoms with Crippen LogP contribution in [0.1, 0.15) is 67.9 Å². The van der Waals surface area contributed by atoms with E-state index in [9.17, 15) is 0 Å². The summed E-state index contributed by atoms with van der Waals surface area (Å²) in [5, 5.41) is 8.28.